The summed E-state index contributed by atoms with van der Waals surface area (Å²) in [6.07, 6.45) is 0. The van der Waals surface area contributed by atoms with Crippen LogP contribution < -0.4 is 20.5 Å². The van der Waals surface area contributed by atoms with Gasteiger partial charge in [-0.05, 0) is 62.4 Å². The zero-order valence-electron chi connectivity index (χ0n) is 17.9. The van der Waals surface area contributed by atoms with Crippen molar-refractivity contribution < 1.29 is 14.3 Å². The van der Waals surface area contributed by atoms with E-state index < -0.39 is 5.60 Å². The molecule has 0 radical (unpaired) electrons. The molecule has 1 aromatic heterocycles. The molecule has 0 spiro atoms. The molecular formula is C22H25ClN4O4. The summed E-state index contributed by atoms with van der Waals surface area (Å²) in [5, 5.41) is 7.79. The number of nitrogens with one attached hydrogen (secondary N) is 1. The van der Waals surface area contributed by atoms with Crippen LogP contribution in [0.4, 0.5) is 0 Å². The molecule has 3 rings (SSSR count). The first-order valence-corrected chi connectivity index (χ1v) is 10.1. The normalized spacial score (nSPS) is 11.3. The average Bonchev–Trinajstić information content (AvgIpc) is 3.04. The largest absolute Gasteiger partial charge is 0.497 e. The number of hydrogen-bond donors (Lipinski definition) is 1. The number of aromatic nitrogens is 3. The van der Waals surface area contributed by atoms with Crippen LogP contribution in [0.3, 0.4) is 0 Å². The van der Waals surface area contributed by atoms with Crippen molar-refractivity contribution in [2.75, 3.05) is 13.7 Å². The van der Waals surface area contributed by atoms with E-state index in [1.54, 1.807) is 52.3 Å². The minimum Gasteiger partial charge on any atom is -0.497 e. The highest BCUT2D eigenvalue weighted by Gasteiger charge is 2.29. The molecule has 0 aliphatic carbocycles. The van der Waals surface area contributed by atoms with Crippen molar-refractivity contribution in [3.8, 4) is 22.9 Å². The van der Waals surface area contributed by atoms with Crippen molar-refractivity contribution in [3.05, 3.63) is 64.0 Å². The molecule has 0 aliphatic rings. The number of halogens is 1. The Bertz CT molecular complexity index is 1100. The van der Waals surface area contributed by atoms with E-state index in [0.717, 1.165) is 11.3 Å². The summed E-state index contributed by atoms with van der Waals surface area (Å²) >= 11 is 5.87. The number of carbonyl (C=O) groups excluding carboxylic acids is 1. The van der Waals surface area contributed by atoms with Crippen LogP contribution >= 0.6 is 11.6 Å². The number of methoxy groups -OCH3 is 1. The fourth-order valence-electron chi connectivity index (χ4n) is 2.96. The van der Waals surface area contributed by atoms with Crippen molar-refractivity contribution in [3.63, 3.8) is 0 Å². The lowest BCUT2D eigenvalue weighted by Crippen LogP contribution is -2.47. The molecule has 0 bridgehead atoms. The minimum atomic E-state index is -1.10. The topological polar surface area (TPSA) is 87.4 Å². The van der Waals surface area contributed by atoms with Gasteiger partial charge in [0.1, 0.15) is 11.5 Å². The molecule has 1 N–H and O–H groups in total. The number of amides is 1. The molecule has 0 saturated heterocycles. The first-order chi connectivity index (χ1) is 14.7. The van der Waals surface area contributed by atoms with Gasteiger partial charge in [-0.15, -0.1) is 5.10 Å². The van der Waals surface area contributed by atoms with Gasteiger partial charge in [0.25, 0.3) is 5.91 Å². The molecule has 1 heterocycles. The Balaban J connectivity index is 1.62. The Morgan fingerprint density at radius 2 is 1.71 bits per heavy atom. The van der Waals surface area contributed by atoms with Gasteiger partial charge in [-0.1, -0.05) is 11.6 Å². The second kappa shape index (κ2) is 9.26. The minimum absolute atomic E-state index is 0.227. The average molecular weight is 445 g/mol. The third kappa shape index (κ3) is 5.27. The third-order valence-corrected chi connectivity index (χ3v) is 4.98. The monoisotopic (exact) mass is 444 g/mol. The molecule has 3 aromatic rings. The van der Waals surface area contributed by atoms with Crippen LogP contribution in [0, 0.1) is 0 Å². The fraction of sp³-hybridized carbons (Fsp3) is 0.318. The van der Waals surface area contributed by atoms with Gasteiger partial charge in [-0.25, -0.2) is 9.48 Å². The molecular weight excluding hydrogens is 420 g/mol. The van der Waals surface area contributed by atoms with Gasteiger partial charge in [0.2, 0.25) is 0 Å². The number of rotatable bonds is 8. The maximum atomic E-state index is 12.6. The van der Waals surface area contributed by atoms with Crippen LogP contribution in [0.25, 0.3) is 11.4 Å². The summed E-state index contributed by atoms with van der Waals surface area (Å²) in [5.74, 6) is 1.49. The third-order valence-electron chi connectivity index (χ3n) is 4.73. The fourth-order valence-corrected chi connectivity index (χ4v) is 3.08. The summed E-state index contributed by atoms with van der Waals surface area (Å²) < 4.78 is 13.7. The second-order valence-corrected chi connectivity index (χ2v) is 7.88. The smallest absolute Gasteiger partial charge is 0.345 e. The molecule has 9 heteroatoms. The van der Waals surface area contributed by atoms with Gasteiger partial charge in [-0.2, -0.15) is 0 Å². The SMILES string of the molecule is COc1ccc(-c2nn(CCNC(=O)C(C)(C)Oc3ccc(Cl)cc3)c(=O)n2C)cc1. The van der Waals surface area contributed by atoms with Crippen molar-refractivity contribution in [2.45, 2.75) is 26.0 Å². The van der Waals surface area contributed by atoms with Gasteiger partial charge in [-0.3, -0.25) is 9.36 Å². The molecule has 8 nitrogen and oxygen atoms in total. The predicted octanol–water partition coefficient (Wildman–Crippen LogP) is 2.88. The van der Waals surface area contributed by atoms with Crippen LogP contribution in [0.1, 0.15) is 13.8 Å². The van der Waals surface area contributed by atoms with Crippen molar-refractivity contribution >= 4 is 17.5 Å². The standard InChI is InChI=1S/C22H25ClN4O4/c1-22(2,31-18-11-7-16(23)8-12-18)20(28)24-13-14-27-21(29)26(3)19(25-27)15-5-9-17(30-4)10-6-15/h5-12H,13-14H2,1-4H3,(H,24,28). The van der Waals surface area contributed by atoms with Gasteiger partial charge in [0.15, 0.2) is 11.4 Å². The van der Waals surface area contributed by atoms with Crippen LogP contribution in [-0.4, -0.2) is 39.5 Å². The second-order valence-electron chi connectivity index (χ2n) is 7.44. The van der Waals surface area contributed by atoms with E-state index in [0.29, 0.717) is 16.6 Å². The maximum Gasteiger partial charge on any atom is 0.345 e. The molecule has 0 fully saturated rings. The Morgan fingerprint density at radius 1 is 1.10 bits per heavy atom. The molecule has 1 amide bonds. The van der Waals surface area contributed by atoms with Crippen molar-refractivity contribution in [1.82, 2.24) is 19.7 Å². The Hall–Kier alpha value is -3.26. The van der Waals surface area contributed by atoms with Gasteiger partial charge < -0.3 is 14.8 Å². The Labute approximate surface area is 185 Å². The molecule has 31 heavy (non-hydrogen) atoms. The van der Waals surface area contributed by atoms with Crippen molar-refractivity contribution in [2.24, 2.45) is 7.05 Å². The van der Waals surface area contributed by atoms with Gasteiger partial charge >= 0.3 is 5.69 Å². The first-order valence-electron chi connectivity index (χ1n) is 9.72. The highest BCUT2D eigenvalue weighted by molar-refractivity contribution is 6.30. The van der Waals surface area contributed by atoms with Gasteiger partial charge in [0, 0.05) is 24.2 Å². The summed E-state index contributed by atoms with van der Waals surface area (Å²) in [4.78, 5) is 25.1. The molecule has 0 saturated carbocycles. The van der Waals surface area contributed by atoms with Crippen LogP contribution in [0.15, 0.2) is 53.3 Å². The van der Waals surface area contributed by atoms with E-state index in [-0.39, 0.29) is 24.7 Å². The Kier molecular flexibility index (Phi) is 6.70. The maximum absolute atomic E-state index is 12.6. The number of nitrogens with zero attached hydrogens (tertiary/aromatic N) is 3. The van der Waals surface area contributed by atoms with Crippen LogP contribution in [0.5, 0.6) is 11.5 Å². The predicted molar refractivity (Wildman–Crippen MR) is 119 cm³/mol. The quantitative estimate of drug-likeness (QED) is 0.577. The van der Waals surface area contributed by atoms with E-state index in [1.807, 2.05) is 24.3 Å². The number of benzene rings is 2. The first kappa shape index (κ1) is 22.4. The van der Waals surface area contributed by atoms with E-state index in [9.17, 15) is 9.59 Å². The van der Waals surface area contributed by atoms with Crippen molar-refractivity contribution in [1.29, 1.82) is 0 Å². The molecule has 0 unspecified atom stereocenters. The number of carbonyl (C=O) groups is 1. The van der Waals surface area contributed by atoms with E-state index in [4.69, 9.17) is 21.1 Å². The molecule has 2 aromatic carbocycles. The Morgan fingerprint density at radius 3 is 2.32 bits per heavy atom. The van der Waals surface area contributed by atoms with Gasteiger partial charge in [0.05, 0.1) is 13.7 Å². The molecule has 164 valence electrons. The lowest BCUT2D eigenvalue weighted by molar-refractivity contribution is -0.134. The van der Waals surface area contributed by atoms with E-state index >= 15 is 0 Å². The van der Waals surface area contributed by atoms with E-state index in [2.05, 4.69) is 10.4 Å². The van der Waals surface area contributed by atoms with Crippen LogP contribution in [-0.2, 0) is 18.4 Å². The summed E-state index contributed by atoms with van der Waals surface area (Å²) in [6.45, 7) is 3.80. The van der Waals surface area contributed by atoms with Crippen LogP contribution in [0.2, 0.25) is 5.02 Å². The molecule has 0 aliphatic heterocycles. The zero-order chi connectivity index (χ0) is 22.6. The summed E-state index contributed by atoms with van der Waals surface area (Å²) in [6, 6.07) is 14.1. The highest BCUT2D eigenvalue weighted by atomic mass is 35.5. The summed E-state index contributed by atoms with van der Waals surface area (Å²) in [7, 11) is 3.25. The molecule has 0 atom stereocenters. The lowest BCUT2D eigenvalue weighted by Gasteiger charge is -2.25. The number of ether oxygens (including phenoxy) is 2. The highest BCUT2D eigenvalue weighted by Crippen LogP contribution is 2.21. The number of hydrogen-bond acceptors (Lipinski definition) is 5. The van der Waals surface area contributed by atoms with E-state index in [1.165, 1.54) is 9.25 Å². The lowest BCUT2D eigenvalue weighted by atomic mass is 10.1. The zero-order valence-corrected chi connectivity index (χ0v) is 18.6. The summed E-state index contributed by atoms with van der Waals surface area (Å²) in [5.41, 5.74) is -0.575.